The molecule has 0 saturated carbocycles. The zero-order valence-corrected chi connectivity index (χ0v) is 18.6. The molecule has 4 atom stereocenters. The van der Waals surface area contributed by atoms with Crippen LogP contribution in [0.1, 0.15) is 19.3 Å². The van der Waals surface area contributed by atoms with Crippen molar-refractivity contribution in [2.24, 2.45) is 11.5 Å². The first kappa shape index (κ1) is 34.0. The Kier molecular flexibility index (Phi) is 20.5. The fourth-order valence-corrected chi connectivity index (χ4v) is 6.73. The van der Waals surface area contributed by atoms with Gasteiger partial charge in [-0.25, -0.2) is 0 Å². The second-order valence-electron chi connectivity index (χ2n) is 5.09. The number of carbonyl (C=O) groups is 2. The number of carboxylic acid groups (broad SMARTS) is 1. The number of rotatable bonds is 12. The molecule has 0 aliphatic rings. The average Bonchev–Trinajstić information content (AvgIpc) is 2.64. The highest BCUT2D eigenvalue weighted by Crippen LogP contribution is 2.30. The third kappa shape index (κ3) is 25.5. The Bertz CT molecular complexity index is 641. The van der Waals surface area contributed by atoms with Crippen LogP contribution in [0, 0.1) is 0 Å². The lowest BCUT2D eigenvalue weighted by Crippen LogP contribution is -2.40. The van der Waals surface area contributed by atoms with E-state index in [0.717, 1.165) is 12.8 Å². The summed E-state index contributed by atoms with van der Waals surface area (Å²) >= 11 is 0. The van der Waals surface area contributed by atoms with Gasteiger partial charge in [0.1, 0.15) is 24.4 Å². The molecule has 0 radical (unpaired) electrons. The van der Waals surface area contributed by atoms with Crippen molar-refractivity contribution in [3.63, 3.8) is 0 Å². The topological polar surface area (TPSA) is 296 Å². The van der Waals surface area contributed by atoms with E-state index in [9.17, 15) is 26.4 Å². The maximum atomic E-state index is 10.1. The molecule has 0 aromatic rings. The number of unbranched alkanes of at least 4 members (excludes halogenated alkanes) is 1. The van der Waals surface area contributed by atoms with Gasteiger partial charge < -0.3 is 41.8 Å². The van der Waals surface area contributed by atoms with Gasteiger partial charge in [0.25, 0.3) is 0 Å². The molecule has 0 heterocycles. The van der Waals surface area contributed by atoms with Gasteiger partial charge in [0, 0.05) is 0 Å². The molecule has 0 spiro atoms. The van der Waals surface area contributed by atoms with Crippen molar-refractivity contribution in [3.05, 3.63) is 0 Å². The quantitative estimate of drug-likeness (QED) is 0.0526. The van der Waals surface area contributed by atoms with E-state index in [2.05, 4.69) is 0 Å². The molecular weight excluding hydrogens is 496 g/mol. The van der Waals surface area contributed by atoms with Gasteiger partial charge in [-0.3, -0.25) is 13.9 Å². The van der Waals surface area contributed by atoms with Gasteiger partial charge in [-0.1, -0.05) is 6.42 Å². The number of nitrogens with two attached hydrogens (primary N) is 2. The summed E-state index contributed by atoms with van der Waals surface area (Å²) in [6, 6.07) is -0.716. The molecule has 0 rings (SSSR count). The van der Waals surface area contributed by atoms with Crippen molar-refractivity contribution in [3.8, 4) is 0 Å². The molecule has 15 nitrogen and oxygen atoms in total. The lowest BCUT2D eigenvalue weighted by molar-refractivity contribution is -0.138. The second kappa shape index (κ2) is 18.0. The largest absolute Gasteiger partial charge is 0.480 e. The Morgan fingerprint density at radius 2 is 1.43 bits per heavy atom. The number of carbonyl (C=O) groups excluding carboxylic acids is 1. The minimum absolute atomic E-state index is 0.0869. The van der Waals surface area contributed by atoms with E-state index < -0.39 is 55.2 Å². The van der Waals surface area contributed by atoms with E-state index in [-0.39, 0.29) is 25.9 Å². The van der Waals surface area contributed by atoms with Gasteiger partial charge >= 0.3 is 24.3 Å². The third-order valence-corrected chi connectivity index (χ3v) is 9.25. The highest BCUT2D eigenvalue weighted by Gasteiger charge is 2.22. The normalized spacial score (nSPS) is 15.3. The molecule has 11 N–H and O–H groups in total. The molecular formula is C11H26N2O13S4. The Hall–Kier alpha value is -0.580. The third-order valence-electron chi connectivity index (χ3n) is 2.56. The Morgan fingerprint density at radius 1 is 1.00 bits per heavy atom. The molecule has 30 heavy (non-hydrogen) atoms. The number of aldehydes is 1. The Labute approximate surface area is 179 Å². The number of aliphatic hydroxyl groups is 4. The first-order chi connectivity index (χ1) is 13.5. The van der Waals surface area contributed by atoms with Gasteiger partial charge in [-0.15, -0.1) is 0 Å². The summed E-state index contributed by atoms with van der Waals surface area (Å²) in [5.74, 6) is -0.933. The summed E-state index contributed by atoms with van der Waals surface area (Å²) in [7, 11) is -9.54. The fourth-order valence-electron chi connectivity index (χ4n) is 1.12. The lowest BCUT2D eigenvalue weighted by Gasteiger charge is -2.16. The van der Waals surface area contributed by atoms with Crippen LogP contribution in [0.25, 0.3) is 0 Å². The molecule has 0 aliphatic heterocycles. The molecule has 0 aromatic carbocycles. The van der Waals surface area contributed by atoms with Crippen molar-refractivity contribution >= 4 is 50.2 Å². The monoisotopic (exact) mass is 522 g/mol. The minimum atomic E-state index is -4.42. The SMILES string of the molecule is NCCCC[C@H](N)C(=O)O.O=C[C@H](O)[C@@H](O)[C@H](O)CO.O=S(=O)(O)SSS(=O)(=O)O. The molecule has 0 amide bonds. The summed E-state index contributed by atoms with van der Waals surface area (Å²) < 4.78 is 55.0. The van der Waals surface area contributed by atoms with Crippen LogP contribution in [0.2, 0.25) is 0 Å². The van der Waals surface area contributed by atoms with Crippen LogP contribution in [0.4, 0.5) is 0 Å². The predicted octanol–water partition coefficient (Wildman–Crippen LogP) is -3.24. The van der Waals surface area contributed by atoms with Crippen molar-refractivity contribution < 1.29 is 61.1 Å². The summed E-state index contributed by atoms with van der Waals surface area (Å²) in [5, 5.41) is 42.4. The number of carboxylic acids is 1. The summed E-state index contributed by atoms with van der Waals surface area (Å²) in [5.41, 5.74) is 10.4. The minimum Gasteiger partial charge on any atom is -0.480 e. The van der Waals surface area contributed by atoms with E-state index in [1.165, 1.54) is 0 Å². The van der Waals surface area contributed by atoms with Crippen LogP contribution >= 0.6 is 19.7 Å². The first-order valence-corrected chi connectivity index (χ1v) is 13.7. The smallest absolute Gasteiger partial charge is 0.330 e. The highest BCUT2D eigenvalue weighted by molar-refractivity contribution is 9.21. The average molecular weight is 523 g/mol. The van der Waals surface area contributed by atoms with Crippen molar-refractivity contribution in [2.75, 3.05) is 13.2 Å². The van der Waals surface area contributed by atoms with Crippen LogP contribution < -0.4 is 11.5 Å². The highest BCUT2D eigenvalue weighted by atomic mass is 33.7. The number of hydrogen-bond acceptors (Lipinski definition) is 14. The van der Waals surface area contributed by atoms with Crippen LogP contribution in [-0.2, 0) is 27.9 Å². The Morgan fingerprint density at radius 3 is 1.70 bits per heavy atom. The van der Waals surface area contributed by atoms with Crippen LogP contribution in [0.3, 0.4) is 0 Å². The summed E-state index contributed by atoms with van der Waals surface area (Å²) in [6.07, 6.45) is -2.47. The van der Waals surface area contributed by atoms with Crippen LogP contribution in [0.15, 0.2) is 0 Å². The molecule has 0 saturated heterocycles. The van der Waals surface area contributed by atoms with Gasteiger partial charge in [-0.2, -0.15) is 16.8 Å². The van der Waals surface area contributed by atoms with E-state index in [1.807, 2.05) is 0 Å². The zero-order chi connectivity index (χ0) is 24.5. The molecule has 19 heteroatoms. The molecule has 0 bridgehead atoms. The maximum Gasteiger partial charge on any atom is 0.330 e. The van der Waals surface area contributed by atoms with E-state index in [4.69, 9.17) is 46.1 Å². The van der Waals surface area contributed by atoms with E-state index >= 15 is 0 Å². The predicted molar refractivity (Wildman–Crippen MR) is 108 cm³/mol. The van der Waals surface area contributed by atoms with Gasteiger partial charge in [0.05, 0.1) is 26.3 Å². The van der Waals surface area contributed by atoms with E-state index in [0.29, 0.717) is 13.0 Å². The zero-order valence-electron chi connectivity index (χ0n) is 15.3. The molecule has 0 aliphatic carbocycles. The Balaban J connectivity index is -0.000000364. The van der Waals surface area contributed by atoms with Crippen molar-refractivity contribution in [2.45, 2.75) is 43.6 Å². The van der Waals surface area contributed by atoms with Crippen molar-refractivity contribution in [1.82, 2.24) is 0 Å². The summed E-state index contributed by atoms with van der Waals surface area (Å²) in [6.45, 7) is -0.0849. The number of aliphatic carboxylic acids is 1. The molecule has 0 aromatic heterocycles. The van der Waals surface area contributed by atoms with Crippen LogP contribution in [0.5, 0.6) is 0 Å². The number of aliphatic hydroxyl groups excluding tert-OH is 4. The second-order valence-corrected chi connectivity index (χ2v) is 12.9. The standard InChI is InChI=1S/C6H14N2O2.C5H10O5.H2O6S4/c7-4-2-1-3-5(8)6(9)10;6-1-3(8)5(10)4(9)2-7;1-9(2,3)7-8-10(4,5)6/h5H,1-4,7-8H2,(H,9,10);1,3-5,7-10H,2H2;(H,1,2,3)(H,4,5,6)/t5-;3-,4+,5+;/m00./s1. The van der Waals surface area contributed by atoms with Gasteiger partial charge in [-0.05, 0) is 19.4 Å². The molecule has 0 fully saturated rings. The van der Waals surface area contributed by atoms with Crippen molar-refractivity contribution in [1.29, 1.82) is 0 Å². The van der Waals surface area contributed by atoms with Crippen LogP contribution in [-0.4, -0.2) is 101 Å². The molecule has 182 valence electrons. The molecule has 0 unspecified atom stereocenters. The van der Waals surface area contributed by atoms with E-state index in [1.54, 1.807) is 0 Å². The fraction of sp³-hybridized carbons (Fsp3) is 0.818. The first-order valence-electron chi connectivity index (χ1n) is 7.63. The lowest BCUT2D eigenvalue weighted by atomic mass is 10.1. The van der Waals surface area contributed by atoms with Gasteiger partial charge in [0.2, 0.25) is 0 Å². The summed E-state index contributed by atoms with van der Waals surface area (Å²) in [4.78, 5) is 19.9. The van der Waals surface area contributed by atoms with Gasteiger partial charge in [0.15, 0.2) is 6.29 Å². The number of hydrogen-bond donors (Lipinski definition) is 9. The maximum absolute atomic E-state index is 10.1.